The number of carbonyl (C=O) groups excluding carboxylic acids is 2. The quantitative estimate of drug-likeness (QED) is 0.237. The minimum atomic E-state index is -0.774. The van der Waals surface area contributed by atoms with Crippen LogP contribution in [0.25, 0.3) is 5.76 Å². The molecule has 192 valence electrons. The number of aliphatic hydroxyl groups is 1. The highest BCUT2D eigenvalue weighted by Crippen LogP contribution is 2.41. The van der Waals surface area contributed by atoms with Crippen molar-refractivity contribution in [2.45, 2.75) is 39.5 Å². The number of carbonyl (C=O) groups is 2. The second-order valence-electron chi connectivity index (χ2n) is 8.97. The third-order valence-corrected chi connectivity index (χ3v) is 6.06. The standard InChI is InChI=1S/C30H31NO6/c1-5-36-24-14-8-21(9-15-24)27-26(28(32)22-10-16-25(17-11-22)37-19(2)3)29(33)30(34)31(27)18-20-6-12-23(35-4)13-7-20/h6-17,19,27,32H,5,18H2,1-4H3/b28-26-. The summed E-state index contributed by atoms with van der Waals surface area (Å²) in [5.74, 6) is 0.390. The number of aliphatic hydroxyl groups excluding tert-OH is 1. The molecule has 1 fully saturated rings. The van der Waals surface area contributed by atoms with E-state index in [-0.39, 0.29) is 24.0 Å². The molecule has 37 heavy (non-hydrogen) atoms. The van der Waals surface area contributed by atoms with Gasteiger partial charge in [0.25, 0.3) is 11.7 Å². The van der Waals surface area contributed by atoms with Crippen molar-refractivity contribution >= 4 is 17.4 Å². The zero-order valence-electron chi connectivity index (χ0n) is 21.4. The summed E-state index contributed by atoms with van der Waals surface area (Å²) in [6.45, 7) is 6.45. The molecule has 3 aromatic rings. The van der Waals surface area contributed by atoms with Gasteiger partial charge in [-0.25, -0.2) is 0 Å². The fourth-order valence-electron chi connectivity index (χ4n) is 4.35. The first-order valence-electron chi connectivity index (χ1n) is 12.2. The Morgan fingerprint density at radius 3 is 2.05 bits per heavy atom. The fourth-order valence-corrected chi connectivity index (χ4v) is 4.35. The van der Waals surface area contributed by atoms with Crippen LogP contribution in [0.3, 0.4) is 0 Å². The number of likely N-dealkylation sites (tertiary alicyclic amines) is 1. The molecular weight excluding hydrogens is 470 g/mol. The van der Waals surface area contributed by atoms with Crippen molar-refractivity contribution < 1.29 is 28.9 Å². The molecule has 7 nitrogen and oxygen atoms in total. The second kappa shape index (κ2) is 11.2. The predicted molar refractivity (Wildman–Crippen MR) is 141 cm³/mol. The largest absolute Gasteiger partial charge is 0.507 e. The molecule has 1 unspecified atom stereocenters. The Morgan fingerprint density at radius 2 is 1.49 bits per heavy atom. The monoisotopic (exact) mass is 501 g/mol. The second-order valence-corrected chi connectivity index (χ2v) is 8.97. The molecule has 7 heteroatoms. The molecule has 4 rings (SSSR count). The van der Waals surface area contributed by atoms with E-state index < -0.39 is 17.7 Å². The number of amides is 1. The Morgan fingerprint density at radius 1 is 0.892 bits per heavy atom. The molecule has 1 saturated heterocycles. The van der Waals surface area contributed by atoms with Crippen LogP contribution in [0, 0.1) is 0 Å². The van der Waals surface area contributed by atoms with Gasteiger partial charge < -0.3 is 24.2 Å². The van der Waals surface area contributed by atoms with E-state index in [2.05, 4.69) is 0 Å². The smallest absolute Gasteiger partial charge is 0.295 e. The van der Waals surface area contributed by atoms with Crippen LogP contribution in [0.15, 0.2) is 78.4 Å². The zero-order valence-corrected chi connectivity index (χ0v) is 21.4. The molecule has 0 aliphatic carbocycles. The van der Waals surface area contributed by atoms with Gasteiger partial charge in [0.15, 0.2) is 0 Å². The van der Waals surface area contributed by atoms with E-state index in [4.69, 9.17) is 14.2 Å². The van der Waals surface area contributed by atoms with Crippen LogP contribution in [0.4, 0.5) is 0 Å². The maximum Gasteiger partial charge on any atom is 0.295 e. The number of rotatable bonds is 9. The minimum Gasteiger partial charge on any atom is -0.507 e. The van der Waals surface area contributed by atoms with Gasteiger partial charge in [-0.2, -0.15) is 0 Å². The highest BCUT2D eigenvalue weighted by atomic mass is 16.5. The topological polar surface area (TPSA) is 85.3 Å². The SMILES string of the molecule is CCOc1ccc(C2/C(=C(/O)c3ccc(OC(C)C)cc3)C(=O)C(=O)N2Cc2ccc(OC)cc2)cc1. The maximum atomic E-state index is 13.3. The lowest BCUT2D eigenvalue weighted by atomic mass is 9.95. The van der Waals surface area contributed by atoms with Crippen molar-refractivity contribution in [2.24, 2.45) is 0 Å². The zero-order chi connectivity index (χ0) is 26.5. The molecule has 1 heterocycles. The lowest BCUT2D eigenvalue weighted by Gasteiger charge is -2.25. The van der Waals surface area contributed by atoms with Gasteiger partial charge in [-0.05, 0) is 80.4 Å². The molecule has 0 radical (unpaired) electrons. The molecule has 1 atom stereocenters. The number of Topliss-reactive ketones (excluding diaryl/α,β-unsaturated/α-hetero) is 1. The van der Waals surface area contributed by atoms with Gasteiger partial charge in [-0.1, -0.05) is 24.3 Å². The number of hydrogen-bond acceptors (Lipinski definition) is 6. The third-order valence-electron chi connectivity index (χ3n) is 6.06. The minimum absolute atomic E-state index is 0.00221. The first-order valence-corrected chi connectivity index (χ1v) is 12.2. The van der Waals surface area contributed by atoms with E-state index in [0.29, 0.717) is 35.0 Å². The Hall–Kier alpha value is -4.26. The lowest BCUT2D eigenvalue weighted by Crippen LogP contribution is -2.29. The Balaban J connectivity index is 1.77. The summed E-state index contributed by atoms with van der Waals surface area (Å²) in [6.07, 6.45) is 0.00221. The Bertz CT molecular complexity index is 1280. The third kappa shape index (κ3) is 5.61. The van der Waals surface area contributed by atoms with E-state index in [1.807, 2.05) is 45.0 Å². The van der Waals surface area contributed by atoms with E-state index in [1.54, 1.807) is 55.6 Å². The highest BCUT2D eigenvalue weighted by molar-refractivity contribution is 6.46. The lowest BCUT2D eigenvalue weighted by molar-refractivity contribution is -0.140. The summed E-state index contributed by atoms with van der Waals surface area (Å²) >= 11 is 0. The van der Waals surface area contributed by atoms with Crippen molar-refractivity contribution in [2.75, 3.05) is 13.7 Å². The summed E-state index contributed by atoms with van der Waals surface area (Å²) in [4.78, 5) is 28.1. The Kier molecular flexibility index (Phi) is 7.82. The van der Waals surface area contributed by atoms with Crippen molar-refractivity contribution in [3.63, 3.8) is 0 Å². The van der Waals surface area contributed by atoms with Crippen molar-refractivity contribution in [3.8, 4) is 17.2 Å². The number of methoxy groups -OCH3 is 1. The van der Waals surface area contributed by atoms with Gasteiger partial charge in [0, 0.05) is 12.1 Å². The van der Waals surface area contributed by atoms with Gasteiger partial charge in [-0.3, -0.25) is 9.59 Å². The molecule has 0 spiro atoms. The summed E-state index contributed by atoms with van der Waals surface area (Å²) in [7, 11) is 1.58. The number of benzene rings is 3. The first kappa shape index (κ1) is 25.8. The predicted octanol–water partition coefficient (Wildman–Crippen LogP) is 5.50. The highest BCUT2D eigenvalue weighted by Gasteiger charge is 2.46. The number of hydrogen-bond donors (Lipinski definition) is 1. The van der Waals surface area contributed by atoms with Crippen LogP contribution < -0.4 is 14.2 Å². The van der Waals surface area contributed by atoms with Crippen molar-refractivity contribution in [3.05, 3.63) is 95.1 Å². The fraction of sp³-hybridized carbons (Fsp3) is 0.267. The van der Waals surface area contributed by atoms with E-state index >= 15 is 0 Å². The van der Waals surface area contributed by atoms with E-state index in [1.165, 1.54) is 4.90 Å². The van der Waals surface area contributed by atoms with Crippen LogP contribution >= 0.6 is 0 Å². The van der Waals surface area contributed by atoms with Crippen LogP contribution in [-0.4, -0.2) is 41.5 Å². The molecule has 1 amide bonds. The summed E-state index contributed by atoms with van der Waals surface area (Å²) in [5, 5.41) is 11.3. The molecule has 0 saturated carbocycles. The van der Waals surface area contributed by atoms with Crippen LogP contribution in [0.2, 0.25) is 0 Å². The van der Waals surface area contributed by atoms with Crippen molar-refractivity contribution in [1.29, 1.82) is 0 Å². The van der Waals surface area contributed by atoms with Gasteiger partial charge in [0.05, 0.1) is 31.4 Å². The molecule has 0 bridgehead atoms. The van der Waals surface area contributed by atoms with Gasteiger partial charge in [0.2, 0.25) is 0 Å². The number of ether oxygens (including phenoxy) is 3. The average molecular weight is 502 g/mol. The van der Waals surface area contributed by atoms with Gasteiger partial charge in [0.1, 0.15) is 23.0 Å². The summed E-state index contributed by atoms with van der Waals surface area (Å²) in [6, 6.07) is 20.6. The molecule has 1 aliphatic rings. The summed E-state index contributed by atoms with van der Waals surface area (Å²) in [5.41, 5.74) is 1.99. The molecular formula is C30H31NO6. The van der Waals surface area contributed by atoms with Crippen LogP contribution in [0.5, 0.6) is 17.2 Å². The normalized spacial score (nSPS) is 16.8. The van der Waals surface area contributed by atoms with Gasteiger partial charge >= 0.3 is 0 Å². The Labute approximate surface area is 216 Å². The molecule has 1 aliphatic heterocycles. The van der Waals surface area contributed by atoms with Crippen LogP contribution in [-0.2, 0) is 16.1 Å². The average Bonchev–Trinajstić information content (AvgIpc) is 3.14. The number of ketones is 1. The molecule has 1 N–H and O–H groups in total. The summed E-state index contributed by atoms with van der Waals surface area (Å²) < 4.78 is 16.5. The molecule has 3 aromatic carbocycles. The van der Waals surface area contributed by atoms with Crippen LogP contribution in [0.1, 0.15) is 43.5 Å². The van der Waals surface area contributed by atoms with E-state index in [0.717, 1.165) is 5.56 Å². The van der Waals surface area contributed by atoms with Gasteiger partial charge in [-0.15, -0.1) is 0 Å². The maximum absolute atomic E-state index is 13.3. The van der Waals surface area contributed by atoms with E-state index in [9.17, 15) is 14.7 Å². The van der Waals surface area contributed by atoms with Crippen molar-refractivity contribution in [1.82, 2.24) is 4.90 Å². The number of nitrogens with zero attached hydrogens (tertiary/aromatic N) is 1. The first-order chi connectivity index (χ1) is 17.8. The molecule has 0 aromatic heterocycles.